The van der Waals surface area contributed by atoms with E-state index in [9.17, 15) is 30.4 Å². The Bertz CT molecular complexity index is 1220. The molecule has 0 bridgehead atoms. The van der Waals surface area contributed by atoms with Crippen molar-refractivity contribution >= 4 is 10.0 Å². The zero-order valence-corrected chi connectivity index (χ0v) is 16.0. The molecular weight excluding hydrogens is 413 g/mol. The van der Waals surface area contributed by atoms with Crippen LogP contribution in [0.3, 0.4) is 0 Å². The Kier molecular flexibility index (Phi) is 5.22. The molecule has 0 aromatic heterocycles. The molecule has 3 aromatic carbocycles. The summed E-state index contributed by atoms with van der Waals surface area (Å²) in [7, 11) is -4.06. The highest BCUT2D eigenvalue weighted by Crippen LogP contribution is 2.40. The molecule has 3 rings (SSSR count). The first-order valence-electron chi connectivity index (χ1n) is 8.19. The summed E-state index contributed by atoms with van der Waals surface area (Å²) in [4.78, 5) is -0.306. The average Bonchev–Trinajstić information content (AvgIpc) is 2.66. The van der Waals surface area contributed by atoms with Gasteiger partial charge in [-0.05, 0) is 60.4 Å². The highest BCUT2D eigenvalue weighted by Gasteiger charge is 2.28. The summed E-state index contributed by atoms with van der Waals surface area (Å²) in [6, 6.07) is 6.57. The van der Waals surface area contributed by atoms with Crippen molar-refractivity contribution in [2.24, 2.45) is 5.14 Å². The maximum Gasteiger partial charge on any atom is 0.238 e. The SMILES string of the molecule is Cc1cc(-c2c(F)c(F)c(F)c(F)c2-c2ccc(S(N)(=O)=O)cc2)cc(C)c1F. The van der Waals surface area contributed by atoms with Crippen LogP contribution in [0.4, 0.5) is 22.0 Å². The highest BCUT2D eigenvalue weighted by molar-refractivity contribution is 7.89. The van der Waals surface area contributed by atoms with Gasteiger partial charge in [-0.25, -0.2) is 35.5 Å². The summed E-state index contributed by atoms with van der Waals surface area (Å²) in [5, 5.41) is 5.00. The van der Waals surface area contributed by atoms with Crippen LogP contribution in [-0.2, 0) is 10.0 Å². The van der Waals surface area contributed by atoms with Gasteiger partial charge in [-0.1, -0.05) is 12.1 Å². The van der Waals surface area contributed by atoms with Gasteiger partial charge in [0.15, 0.2) is 23.3 Å². The van der Waals surface area contributed by atoms with Crippen molar-refractivity contribution in [1.29, 1.82) is 0 Å². The largest absolute Gasteiger partial charge is 0.238 e. The summed E-state index contributed by atoms with van der Waals surface area (Å²) >= 11 is 0. The van der Waals surface area contributed by atoms with Gasteiger partial charge in [-0.3, -0.25) is 0 Å². The minimum Gasteiger partial charge on any atom is -0.225 e. The number of hydrogen-bond donors (Lipinski definition) is 1. The quantitative estimate of drug-likeness (QED) is 0.364. The number of sulfonamides is 1. The standard InChI is InChI=1S/C20H14F5NO2S/c1-9-7-12(8-10(2)16(9)21)15-14(17(22)19(24)20(25)18(15)23)11-3-5-13(6-4-11)29(26,27)28/h3-8H,1-2H3,(H2,26,27,28). The molecule has 0 aliphatic heterocycles. The molecule has 0 aliphatic carbocycles. The smallest absolute Gasteiger partial charge is 0.225 e. The number of aryl methyl sites for hydroxylation is 2. The van der Waals surface area contributed by atoms with E-state index < -0.39 is 50.2 Å². The molecule has 152 valence electrons. The molecule has 0 fully saturated rings. The van der Waals surface area contributed by atoms with Crippen LogP contribution in [-0.4, -0.2) is 8.42 Å². The number of benzene rings is 3. The van der Waals surface area contributed by atoms with Crippen molar-refractivity contribution < 1.29 is 30.4 Å². The van der Waals surface area contributed by atoms with Gasteiger partial charge in [0.1, 0.15) is 5.82 Å². The summed E-state index contributed by atoms with van der Waals surface area (Å²) in [5.41, 5.74) is -1.24. The second kappa shape index (κ2) is 7.23. The van der Waals surface area contributed by atoms with E-state index in [2.05, 4.69) is 0 Å². The molecule has 0 atom stereocenters. The van der Waals surface area contributed by atoms with E-state index >= 15 is 0 Å². The monoisotopic (exact) mass is 427 g/mol. The van der Waals surface area contributed by atoms with Gasteiger partial charge in [0.25, 0.3) is 0 Å². The molecule has 9 heteroatoms. The number of rotatable bonds is 3. The lowest BCUT2D eigenvalue weighted by molar-refractivity contribution is 0.412. The van der Waals surface area contributed by atoms with Crippen molar-refractivity contribution in [3.05, 3.63) is 76.6 Å². The molecule has 0 amide bonds. The van der Waals surface area contributed by atoms with E-state index in [1.54, 1.807) is 0 Å². The lowest BCUT2D eigenvalue weighted by Gasteiger charge is -2.16. The Hall–Kier alpha value is -2.78. The number of primary sulfonamides is 1. The number of halogens is 5. The molecule has 29 heavy (non-hydrogen) atoms. The minimum absolute atomic E-state index is 0.0674. The van der Waals surface area contributed by atoms with Gasteiger partial charge in [-0.2, -0.15) is 0 Å². The fourth-order valence-electron chi connectivity index (χ4n) is 3.08. The molecule has 0 unspecified atom stereocenters. The summed E-state index contributed by atoms with van der Waals surface area (Å²) in [6.07, 6.45) is 0. The first kappa shape index (κ1) is 20.9. The van der Waals surface area contributed by atoms with Gasteiger partial charge in [-0.15, -0.1) is 0 Å². The van der Waals surface area contributed by atoms with Crippen LogP contribution in [0.1, 0.15) is 11.1 Å². The molecule has 3 nitrogen and oxygen atoms in total. The second-order valence-electron chi connectivity index (χ2n) is 6.50. The Labute approximate surface area is 163 Å². The predicted octanol–water partition coefficient (Wildman–Crippen LogP) is 4.98. The van der Waals surface area contributed by atoms with E-state index in [0.717, 1.165) is 24.3 Å². The summed E-state index contributed by atoms with van der Waals surface area (Å²) < 4.78 is 94.1. The third-order valence-electron chi connectivity index (χ3n) is 4.46. The third kappa shape index (κ3) is 3.63. The van der Waals surface area contributed by atoms with Crippen molar-refractivity contribution in [1.82, 2.24) is 0 Å². The maximum atomic E-state index is 14.7. The predicted molar refractivity (Wildman–Crippen MR) is 98.0 cm³/mol. The Balaban J connectivity index is 2.38. The highest BCUT2D eigenvalue weighted by atomic mass is 32.2. The van der Waals surface area contributed by atoms with Crippen molar-refractivity contribution in [3.8, 4) is 22.3 Å². The molecule has 0 spiro atoms. The van der Waals surface area contributed by atoms with Crippen LogP contribution in [0.5, 0.6) is 0 Å². The van der Waals surface area contributed by atoms with Gasteiger partial charge in [0.2, 0.25) is 10.0 Å². The molecule has 0 aliphatic rings. The van der Waals surface area contributed by atoms with Crippen LogP contribution in [0.25, 0.3) is 22.3 Å². The number of nitrogens with two attached hydrogens (primary N) is 1. The van der Waals surface area contributed by atoms with Crippen molar-refractivity contribution in [2.75, 3.05) is 0 Å². The molecule has 0 saturated carbocycles. The lowest BCUT2D eigenvalue weighted by Crippen LogP contribution is -2.11. The molecule has 3 aromatic rings. The van der Waals surface area contributed by atoms with Crippen molar-refractivity contribution in [3.63, 3.8) is 0 Å². The fourth-order valence-corrected chi connectivity index (χ4v) is 3.59. The number of hydrogen-bond acceptors (Lipinski definition) is 2. The van der Waals surface area contributed by atoms with Gasteiger partial charge >= 0.3 is 0 Å². The van der Waals surface area contributed by atoms with Crippen LogP contribution < -0.4 is 5.14 Å². The van der Waals surface area contributed by atoms with Crippen molar-refractivity contribution in [2.45, 2.75) is 18.7 Å². The normalized spacial score (nSPS) is 11.7. The lowest BCUT2D eigenvalue weighted by atomic mass is 9.91. The maximum absolute atomic E-state index is 14.7. The molecular formula is C20H14F5NO2S. The minimum atomic E-state index is -4.06. The van der Waals surface area contributed by atoms with E-state index in [-0.39, 0.29) is 27.1 Å². The zero-order valence-electron chi connectivity index (χ0n) is 15.2. The fraction of sp³-hybridized carbons (Fsp3) is 0.100. The van der Waals surface area contributed by atoms with E-state index in [0.29, 0.717) is 0 Å². The summed E-state index contributed by atoms with van der Waals surface area (Å²) in [5.74, 6) is -7.92. The average molecular weight is 427 g/mol. The van der Waals surface area contributed by atoms with Gasteiger partial charge in [0.05, 0.1) is 4.90 Å². The Morgan fingerprint density at radius 3 is 1.48 bits per heavy atom. The Morgan fingerprint density at radius 1 is 0.655 bits per heavy atom. The molecule has 2 N–H and O–H groups in total. The molecule has 0 heterocycles. The van der Waals surface area contributed by atoms with Crippen LogP contribution in [0.2, 0.25) is 0 Å². The van der Waals surface area contributed by atoms with Crippen LogP contribution in [0.15, 0.2) is 41.3 Å². The molecule has 0 saturated heterocycles. The molecule has 0 radical (unpaired) electrons. The van der Waals surface area contributed by atoms with E-state index in [1.807, 2.05) is 0 Å². The zero-order chi connectivity index (χ0) is 21.7. The second-order valence-corrected chi connectivity index (χ2v) is 8.06. The van der Waals surface area contributed by atoms with E-state index in [1.165, 1.54) is 26.0 Å². The topological polar surface area (TPSA) is 60.2 Å². The summed E-state index contributed by atoms with van der Waals surface area (Å²) in [6.45, 7) is 2.78. The van der Waals surface area contributed by atoms with Gasteiger partial charge in [0, 0.05) is 11.1 Å². The third-order valence-corrected chi connectivity index (χ3v) is 5.39. The Morgan fingerprint density at radius 2 is 1.07 bits per heavy atom. The first-order chi connectivity index (χ1) is 13.4. The van der Waals surface area contributed by atoms with Gasteiger partial charge < -0.3 is 0 Å². The van der Waals surface area contributed by atoms with Crippen LogP contribution in [0, 0.1) is 42.9 Å². The van der Waals surface area contributed by atoms with E-state index in [4.69, 9.17) is 5.14 Å². The van der Waals surface area contributed by atoms with Crippen LogP contribution >= 0.6 is 0 Å². The first-order valence-corrected chi connectivity index (χ1v) is 9.74.